The van der Waals surface area contributed by atoms with Crippen molar-refractivity contribution in [3.63, 3.8) is 0 Å². The molecule has 1 aliphatic heterocycles. The fourth-order valence-electron chi connectivity index (χ4n) is 4.80. The molecule has 1 aromatic carbocycles. The van der Waals surface area contributed by atoms with Crippen LogP contribution in [0.1, 0.15) is 31.2 Å². The maximum absolute atomic E-state index is 6.08. The van der Waals surface area contributed by atoms with E-state index in [2.05, 4.69) is 28.0 Å². The topological polar surface area (TPSA) is 6.48 Å². The Kier molecular flexibility index (Phi) is 3.95. The minimum Gasteiger partial charge on any atom is -0.298 e. The van der Waals surface area contributed by atoms with E-state index in [4.69, 9.17) is 11.6 Å². The maximum Gasteiger partial charge on any atom is 0.0409 e. The maximum atomic E-state index is 6.08. The summed E-state index contributed by atoms with van der Waals surface area (Å²) in [6.45, 7) is 5.98. The lowest BCUT2D eigenvalue weighted by atomic mass is 9.93. The largest absolute Gasteiger partial charge is 0.298 e. The Balaban J connectivity index is 1.31. The van der Waals surface area contributed by atoms with Crippen molar-refractivity contribution in [2.75, 3.05) is 26.2 Å². The van der Waals surface area contributed by atoms with Gasteiger partial charge in [0.05, 0.1) is 0 Å². The van der Waals surface area contributed by atoms with Gasteiger partial charge in [0.15, 0.2) is 0 Å². The van der Waals surface area contributed by atoms with Crippen LogP contribution in [-0.2, 0) is 6.54 Å². The lowest BCUT2D eigenvalue weighted by molar-refractivity contribution is 0.0680. The highest BCUT2D eigenvalue weighted by molar-refractivity contribution is 6.30. The van der Waals surface area contributed by atoms with Crippen molar-refractivity contribution in [3.8, 4) is 0 Å². The quantitative estimate of drug-likeness (QED) is 0.841. The second-order valence-electron chi connectivity index (χ2n) is 7.18. The predicted octanol–water partition coefficient (Wildman–Crippen LogP) is 3.65. The molecule has 1 aromatic rings. The standard InChI is InChI=1S/C18H25ClN2/c19-17-3-1-2-15(11-17)13-20-6-8-21(9-7-20)18-12-14-4-5-16(18)10-14/h1-3,11,14,16,18H,4-10,12-13H2. The van der Waals surface area contributed by atoms with Crippen molar-refractivity contribution in [1.29, 1.82) is 0 Å². The van der Waals surface area contributed by atoms with Gasteiger partial charge in [-0.2, -0.15) is 0 Å². The van der Waals surface area contributed by atoms with Crippen molar-refractivity contribution in [3.05, 3.63) is 34.9 Å². The van der Waals surface area contributed by atoms with Crippen LogP contribution in [0.3, 0.4) is 0 Å². The van der Waals surface area contributed by atoms with Gasteiger partial charge in [-0.3, -0.25) is 9.80 Å². The first-order valence-corrected chi connectivity index (χ1v) is 8.86. The highest BCUT2D eigenvalue weighted by atomic mass is 35.5. The average Bonchev–Trinajstić information content (AvgIpc) is 3.11. The van der Waals surface area contributed by atoms with Gasteiger partial charge in [0.2, 0.25) is 0 Å². The number of rotatable bonds is 3. The Bertz CT molecular complexity index is 496. The van der Waals surface area contributed by atoms with Crippen LogP contribution >= 0.6 is 11.6 Å². The third-order valence-corrected chi connectivity index (χ3v) is 6.11. The lowest BCUT2D eigenvalue weighted by Crippen LogP contribution is -2.51. The number of hydrogen-bond acceptors (Lipinski definition) is 2. The van der Waals surface area contributed by atoms with E-state index in [0.717, 1.165) is 29.4 Å². The van der Waals surface area contributed by atoms with Crippen LogP contribution in [0.15, 0.2) is 24.3 Å². The van der Waals surface area contributed by atoms with Crippen LogP contribution in [0, 0.1) is 11.8 Å². The van der Waals surface area contributed by atoms with E-state index >= 15 is 0 Å². The molecule has 0 radical (unpaired) electrons. The third-order valence-electron chi connectivity index (χ3n) is 5.87. The van der Waals surface area contributed by atoms with Crippen molar-refractivity contribution >= 4 is 11.6 Å². The van der Waals surface area contributed by atoms with Crippen LogP contribution in [0.4, 0.5) is 0 Å². The second kappa shape index (κ2) is 5.91. The van der Waals surface area contributed by atoms with Gasteiger partial charge in [0, 0.05) is 43.8 Å². The Morgan fingerprint density at radius 3 is 2.57 bits per heavy atom. The molecule has 0 N–H and O–H groups in total. The number of piperazine rings is 1. The highest BCUT2D eigenvalue weighted by Crippen LogP contribution is 2.46. The number of nitrogens with zero attached hydrogens (tertiary/aromatic N) is 2. The SMILES string of the molecule is Clc1cccc(CN2CCN(C3CC4CCC3C4)CC2)c1. The van der Waals surface area contributed by atoms with Crippen molar-refractivity contribution < 1.29 is 0 Å². The van der Waals surface area contributed by atoms with E-state index in [1.165, 1.54) is 57.4 Å². The molecule has 3 aliphatic rings. The molecule has 4 rings (SSSR count). The number of halogens is 1. The van der Waals surface area contributed by atoms with Crippen LogP contribution in [0.2, 0.25) is 5.02 Å². The molecular weight excluding hydrogens is 280 g/mol. The average molecular weight is 305 g/mol. The minimum absolute atomic E-state index is 0.855. The molecule has 2 nitrogen and oxygen atoms in total. The smallest absolute Gasteiger partial charge is 0.0409 e. The highest BCUT2D eigenvalue weighted by Gasteiger charge is 2.42. The Morgan fingerprint density at radius 2 is 1.90 bits per heavy atom. The van der Waals surface area contributed by atoms with Gasteiger partial charge in [-0.15, -0.1) is 0 Å². The molecule has 3 unspecified atom stereocenters. The van der Waals surface area contributed by atoms with Crippen LogP contribution in [0.5, 0.6) is 0 Å². The molecule has 2 aliphatic carbocycles. The summed E-state index contributed by atoms with van der Waals surface area (Å²) < 4.78 is 0. The first-order chi connectivity index (χ1) is 10.3. The van der Waals surface area contributed by atoms with Crippen LogP contribution < -0.4 is 0 Å². The molecule has 3 fully saturated rings. The fraction of sp³-hybridized carbons (Fsp3) is 0.667. The molecule has 1 saturated heterocycles. The van der Waals surface area contributed by atoms with Crippen molar-refractivity contribution in [1.82, 2.24) is 9.80 Å². The van der Waals surface area contributed by atoms with Gasteiger partial charge in [0.1, 0.15) is 0 Å². The van der Waals surface area contributed by atoms with Crippen molar-refractivity contribution in [2.24, 2.45) is 11.8 Å². The summed E-state index contributed by atoms with van der Waals surface area (Å²) in [5.74, 6) is 2.08. The monoisotopic (exact) mass is 304 g/mol. The predicted molar refractivity (Wildman–Crippen MR) is 87.5 cm³/mol. The van der Waals surface area contributed by atoms with E-state index in [1.807, 2.05) is 6.07 Å². The third kappa shape index (κ3) is 2.99. The normalized spacial score (nSPS) is 33.7. The summed E-state index contributed by atoms with van der Waals surface area (Å²) in [6, 6.07) is 9.22. The van der Waals surface area contributed by atoms with Gasteiger partial charge in [-0.05, 0) is 48.8 Å². The van der Waals surface area contributed by atoms with Crippen LogP contribution in [-0.4, -0.2) is 42.0 Å². The minimum atomic E-state index is 0.855. The van der Waals surface area contributed by atoms with Gasteiger partial charge < -0.3 is 0 Å². The molecule has 0 spiro atoms. The summed E-state index contributed by atoms with van der Waals surface area (Å²) in [5.41, 5.74) is 1.34. The molecule has 3 heteroatoms. The molecule has 21 heavy (non-hydrogen) atoms. The molecule has 2 bridgehead atoms. The zero-order chi connectivity index (χ0) is 14.2. The van der Waals surface area contributed by atoms with Gasteiger partial charge >= 0.3 is 0 Å². The van der Waals surface area contributed by atoms with E-state index in [-0.39, 0.29) is 0 Å². The fourth-order valence-corrected chi connectivity index (χ4v) is 5.02. The molecule has 3 atom stereocenters. The summed E-state index contributed by atoms with van der Waals surface area (Å²) in [7, 11) is 0. The summed E-state index contributed by atoms with van der Waals surface area (Å²) in [5, 5.41) is 0.855. The first-order valence-electron chi connectivity index (χ1n) is 8.49. The van der Waals surface area contributed by atoms with E-state index in [9.17, 15) is 0 Å². The molecule has 0 amide bonds. The summed E-state index contributed by atoms with van der Waals surface area (Å²) in [4.78, 5) is 5.37. The molecular formula is C18H25ClN2. The van der Waals surface area contributed by atoms with E-state index < -0.39 is 0 Å². The van der Waals surface area contributed by atoms with Crippen LogP contribution in [0.25, 0.3) is 0 Å². The Morgan fingerprint density at radius 1 is 1.05 bits per heavy atom. The number of hydrogen-bond donors (Lipinski definition) is 0. The number of fused-ring (bicyclic) bond motifs is 2. The molecule has 1 heterocycles. The van der Waals surface area contributed by atoms with Gasteiger partial charge in [0.25, 0.3) is 0 Å². The Labute approximate surface area is 133 Å². The van der Waals surface area contributed by atoms with Gasteiger partial charge in [-0.1, -0.05) is 30.2 Å². The lowest BCUT2D eigenvalue weighted by Gasteiger charge is -2.41. The Hall–Kier alpha value is -0.570. The second-order valence-corrected chi connectivity index (χ2v) is 7.62. The zero-order valence-corrected chi connectivity index (χ0v) is 13.4. The molecule has 0 aromatic heterocycles. The number of benzene rings is 1. The van der Waals surface area contributed by atoms with E-state index in [1.54, 1.807) is 0 Å². The molecule has 114 valence electrons. The summed E-state index contributed by atoms with van der Waals surface area (Å²) >= 11 is 6.08. The van der Waals surface area contributed by atoms with Gasteiger partial charge in [-0.25, -0.2) is 0 Å². The van der Waals surface area contributed by atoms with Crippen molar-refractivity contribution in [2.45, 2.75) is 38.3 Å². The zero-order valence-electron chi connectivity index (χ0n) is 12.7. The summed E-state index contributed by atoms with van der Waals surface area (Å²) in [6.07, 6.45) is 6.01. The molecule has 2 saturated carbocycles. The first kappa shape index (κ1) is 14.0. The van der Waals surface area contributed by atoms with E-state index in [0.29, 0.717) is 0 Å².